The fourth-order valence-corrected chi connectivity index (χ4v) is 3.59. The van der Waals surface area contributed by atoms with E-state index in [0.29, 0.717) is 0 Å². The number of fused-ring (bicyclic) bond motifs is 1. The van der Waals surface area contributed by atoms with E-state index in [2.05, 4.69) is 41.1 Å². The predicted molar refractivity (Wildman–Crippen MR) is 105 cm³/mol. The molecule has 0 spiro atoms. The second-order valence-electron chi connectivity index (χ2n) is 6.78. The molecule has 1 fully saturated rings. The number of halogens is 1. The third-order valence-corrected chi connectivity index (χ3v) is 5.23. The van der Waals surface area contributed by atoms with Gasteiger partial charge in [0, 0.05) is 43.7 Å². The van der Waals surface area contributed by atoms with Crippen LogP contribution in [0.2, 0.25) is 5.02 Å². The molecule has 0 atom stereocenters. The fraction of sp³-hybridized carbons (Fsp3) is 0.286. The van der Waals surface area contributed by atoms with Crippen LogP contribution in [0.4, 0.5) is 0 Å². The molecule has 128 valence electrons. The zero-order valence-electron chi connectivity index (χ0n) is 14.5. The average Bonchev–Trinajstić information content (AvgIpc) is 2.64. The summed E-state index contributed by atoms with van der Waals surface area (Å²) in [5.74, 6) is 0. The zero-order valence-corrected chi connectivity index (χ0v) is 15.2. The smallest absolute Gasteiger partial charge is 0.0724 e. The van der Waals surface area contributed by atoms with Crippen LogP contribution < -0.4 is 0 Å². The van der Waals surface area contributed by atoms with Crippen molar-refractivity contribution in [3.63, 3.8) is 0 Å². The second kappa shape index (κ2) is 7.12. The molecular formula is C21H22ClN3. The molecule has 4 rings (SSSR count). The number of rotatable bonds is 3. The van der Waals surface area contributed by atoms with E-state index >= 15 is 0 Å². The number of piperazine rings is 1. The van der Waals surface area contributed by atoms with Crippen LogP contribution in [0.25, 0.3) is 22.2 Å². The van der Waals surface area contributed by atoms with E-state index in [-0.39, 0.29) is 0 Å². The summed E-state index contributed by atoms with van der Waals surface area (Å²) in [5.41, 5.74) is 4.32. The minimum atomic E-state index is 0.752. The topological polar surface area (TPSA) is 19.4 Å². The molecule has 0 N–H and O–H groups in total. The van der Waals surface area contributed by atoms with Gasteiger partial charge in [-0.2, -0.15) is 0 Å². The molecule has 3 aromatic rings. The first kappa shape index (κ1) is 16.5. The predicted octanol–water partition coefficient (Wildman–Crippen LogP) is 4.30. The SMILES string of the molecule is CN1CCN(Cc2ccc(-c3cc(Cl)c4ccccc4n3)cc2)CC1. The van der Waals surface area contributed by atoms with Gasteiger partial charge in [-0.25, -0.2) is 4.98 Å². The lowest BCUT2D eigenvalue weighted by molar-refractivity contribution is 0.148. The lowest BCUT2D eigenvalue weighted by Crippen LogP contribution is -2.43. The minimum absolute atomic E-state index is 0.752. The summed E-state index contributed by atoms with van der Waals surface area (Å²) in [4.78, 5) is 9.66. The Morgan fingerprint density at radius 1 is 0.960 bits per heavy atom. The van der Waals surface area contributed by atoms with Gasteiger partial charge in [-0.15, -0.1) is 0 Å². The number of hydrogen-bond acceptors (Lipinski definition) is 3. The number of likely N-dealkylation sites (N-methyl/N-ethyl adjacent to an activating group) is 1. The Bertz CT molecular complexity index is 868. The van der Waals surface area contributed by atoms with Crippen LogP contribution in [-0.4, -0.2) is 48.0 Å². The van der Waals surface area contributed by atoms with Crippen LogP contribution in [0.1, 0.15) is 5.56 Å². The second-order valence-corrected chi connectivity index (χ2v) is 7.19. The molecule has 1 aromatic heterocycles. The molecular weight excluding hydrogens is 330 g/mol. The van der Waals surface area contributed by atoms with E-state index in [1.807, 2.05) is 30.3 Å². The summed E-state index contributed by atoms with van der Waals surface area (Å²) in [6, 6.07) is 18.7. The first-order valence-electron chi connectivity index (χ1n) is 8.74. The summed E-state index contributed by atoms with van der Waals surface area (Å²) < 4.78 is 0. The van der Waals surface area contributed by atoms with Crippen molar-refractivity contribution in [2.75, 3.05) is 33.2 Å². The molecule has 25 heavy (non-hydrogen) atoms. The van der Waals surface area contributed by atoms with Crippen molar-refractivity contribution >= 4 is 22.5 Å². The van der Waals surface area contributed by atoms with Gasteiger partial charge in [-0.05, 0) is 24.7 Å². The molecule has 2 heterocycles. The summed E-state index contributed by atoms with van der Waals surface area (Å²) in [6.07, 6.45) is 0. The Morgan fingerprint density at radius 3 is 2.44 bits per heavy atom. The van der Waals surface area contributed by atoms with Crippen LogP contribution in [-0.2, 0) is 6.54 Å². The van der Waals surface area contributed by atoms with Gasteiger partial charge in [0.1, 0.15) is 0 Å². The van der Waals surface area contributed by atoms with E-state index < -0.39 is 0 Å². The monoisotopic (exact) mass is 351 g/mol. The molecule has 3 nitrogen and oxygen atoms in total. The summed E-state index contributed by atoms with van der Waals surface area (Å²) in [7, 11) is 2.19. The molecule has 0 saturated carbocycles. The molecule has 1 aliphatic rings. The molecule has 0 radical (unpaired) electrons. The molecule has 0 amide bonds. The normalized spacial score (nSPS) is 16.4. The Hall–Kier alpha value is -1.94. The first-order chi connectivity index (χ1) is 12.2. The molecule has 0 unspecified atom stereocenters. The van der Waals surface area contributed by atoms with Crippen LogP contribution in [0.3, 0.4) is 0 Å². The summed E-state index contributed by atoms with van der Waals surface area (Å²) in [6.45, 7) is 5.59. The van der Waals surface area contributed by atoms with E-state index in [0.717, 1.165) is 59.9 Å². The van der Waals surface area contributed by atoms with Gasteiger partial charge < -0.3 is 4.90 Å². The van der Waals surface area contributed by atoms with Crippen molar-refractivity contribution < 1.29 is 0 Å². The van der Waals surface area contributed by atoms with Gasteiger partial charge in [0.15, 0.2) is 0 Å². The Kier molecular flexibility index (Phi) is 4.71. The van der Waals surface area contributed by atoms with Gasteiger partial charge in [-0.1, -0.05) is 54.1 Å². The lowest BCUT2D eigenvalue weighted by Gasteiger charge is -2.32. The van der Waals surface area contributed by atoms with Crippen molar-refractivity contribution in [3.05, 3.63) is 65.2 Å². The largest absolute Gasteiger partial charge is 0.304 e. The van der Waals surface area contributed by atoms with Gasteiger partial charge >= 0.3 is 0 Å². The minimum Gasteiger partial charge on any atom is -0.304 e. The maximum atomic E-state index is 6.43. The number of pyridine rings is 1. The van der Waals surface area contributed by atoms with Gasteiger partial charge in [0.25, 0.3) is 0 Å². The highest BCUT2D eigenvalue weighted by atomic mass is 35.5. The zero-order chi connectivity index (χ0) is 17.2. The molecule has 1 saturated heterocycles. The van der Waals surface area contributed by atoms with Crippen LogP contribution in [0.5, 0.6) is 0 Å². The van der Waals surface area contributed by atoms with E-state index in [4.69, 9.17) is 16.6 Å². The molecule has 1 aliphatic heterocycles. The summed E-state index contributed by atoms with van der Waals surface area (Å²) in [5, 5.41) is 1.75. The average molecular weight is 352 g/mol. The van der Waals surface area contributed by atoms with Crippen molar-refractivity contribution in [3.8, 4) is 11.3 Å². The van der Waals surface area contributed by atoms with Crippen LogP contribution in [0.15, 0.2) is 54.6 Å². The maximum absolute atomic E-state index is 6.43. The standard InChI is InChI=1S/C21H22ClN3/c1-24-10-12-25(13-11-24)15-16-6-8-17(9-7-16)21-14-19(22)18-4-2-3-5-20(18)23-21/h2-9,14H,10-13,15H2,1H3. The van der Waals surface area contributed by atoms with Crippen molar-refractivity contribution in [2.45, 2.75) is 6.54 Å². The number of benzene rings is 2. The third-order valence-electron chi connectivity index (χ3n) is 4.92. The lowest BCUT2D eigenvalue weighted by atomic mass is 10.1. The highest BCUT2D eigenvalue weighted by molar-refractivity contribution is 6.35. The maximum Gasteiger partial charge on any atom is 0.0724 e. The highest BCUT2D eigenvalue weighted by Gasteiger charge is 2.14. The van der Waals surface area contributed by atoms with Gasteiger partial charge in [0.05, 0.1) is 16.2 Å². The Balaban J connectivity index is 1.54. The molecule has 0 bridgehead atoms. The van der Waals surface area contributed by atoms with E-state index in [1.165, 1.54) is 5.56 Å². The first-order valence-corrected chi connectivity index (χ1v) is 9.12. The number of para-hydroxylation sites is 1. The van der Waals surface area contributed by atoms with Crippen molar-refractivity contribution in [1.29, 1.82) is 0 Å². The molecule has 0 aliphatic carbocycles. The quantitative estimate of drug-likeness (QED) is 0.701. The van der Waals surface area contributed by atoms with E-state index in [9.17, 15) is 0 Å². The highest BCUT2D eigenvalue weighted by Crippen LogP contribution is 2.28. The Labute approximate surface area is 153 Å². The Morgan fingerprint density at radius 2 is 1.68 bits per heavy atom. The fourth-order valence-electron chi connectivity index (χ4n) is 3.33. The molecule has 2 aromatic carbocycles. The molecule has 4 heteroatoms. The van der Waals surface area contributed by atoms with Crippen LogP contribution in [0, 0.1) is 0 Å². The van der Waals surface area contributed by atoms with E-state index in [1.54, 1.807) is 0 Å². The van der Waals surface area contributed by atoms with Gasteiger partial charge in [-0.3, -0.25) is 4.90 Å². The summed E-state index contributed by atoms with van der Waals surface area (Å²) >= 11 is 6.43. The third kappa shape index (κ3) is 3.69. The number of hydrogen-bond donors (Lipinski definition) is 0. The van der Waals surface area contributed by atoms with Crippen LogP contribution >= 0.6 is 11.6 Å². The van der Waals surface area contributed by atoms with Crippen molar-refractivity contribution in [1.82, 2.24) is 14.8 Å². The number of aromatic nitrogens is 1. The number of nitrogens with zero attached hydrogens (tertiary/aromatic N) is 3. The van der Waals surface area contributed by atoms with Crippen molar-refractivity contribution in [2.24, 2.45) is 0 Å². The van der Waals surface area contributed by atoms with Gasteiger partial charge in [0.2, 0.25) is 0 Å².